The second kappa shape index (κ2) is 7.67. The lowest BCUT2D eigenvalue weighted by Crippen LogP contribution is -2.50. The molecule has 1 aliphatic rings. The van der Waals surface area contributed by atoms with Crippen LogP contribution in [0.1, 0.15) is 32.6 Å². The molecule has 100 valence electrons. The number of ether oxygens (including phenoxy) is 1. The summed E-state index contributed by atoms with van der Waals surface area (Å²) in [6.07, 6.45) is 3.66. The van der Waals surface area contributed by atoms with E-state index in [1.165, 1.54) is 0 Å². The largest absolute Gasteiger partial charge is 0.385 e. The molecule has 4 heteroatoms. The van der Waals surface area contributed by atoms with Crippen LogP contribution in [-0.4, -0.2) is 50.7 Å². The standard InChI is InChI=1S/C13H26N2O2/c1-4-11-10-15(8-7-12(11)14-2)13(16)6-5-9-17-3/h11-12,14H,4-10H2,1-3H3. The number of rotatable bonds is 6. The molecule has 1 rings (SSSR count). The fraction of sp³-hybridized carbons (Fsp3) is 0.923. The van der Waals surface area contributed by atoms with E-state index in [4.69, 9.17) is 4.74 Å². The molecule has 0 radical (unpaired) electrons. The first-order valence-corrected chi connectivity index (χ1v) is 6.66. The van der Waals surface area contributed by atoms with Crippen molar-refractivity contribution in [1.82, 2.24) is 10.2 Å². The van der Waals surface area contributed by atoms with Crippen molar-refractivity contribution in [3.05, 3.63) is 0 Å². The van der Waals surface area contributed by atoms with Crippen LogP contribution in [0.5, 0.6) is 0 Å². The van der Waals surface area contributed by atoms with E-state index >= 15 is 0 Å². The van der Waals surface area contributed by atoms with Crippen molar-refractivity contribution < 1.29 is 9.53 Å². The van der Waals surface area contributed by atoms with E-state index in [0.29, 0.717) is 25.0 Å². The Morgan fingerprint density at radius 2 is 2.29 bits per heavy atom. The number of methoxy groups -OCH3 is 1. The van der Waals surface area contributed by atoms with E-state index in [1.54, 1.807) is 7.11 Å². The zero-order valence-corrected chi connectivity index (χ0v) is 11.4. The lowest BCUT2D eigenvalue weighted by molar-refractivity contribution is -0.133. The van der Waals surface area contributed by atoms with Crippen LogP contribution >= 0.6 is 0 Å². The highest BCUT2D eigenvalue weighted by Gasteiger charge is 2.28. The Labute approximate surface area is 105 Å². The first-order valence-electron chi connectivity index (χ1n) is 6.66. The van der Waals surface area contributed by atoms with Crippen LogP contribution in [0.2, 0.25) is 0 Å². The number of likely N-dealkylation sites (tertiary alicyclic amines) is 1. The third-order valence-electron chi connectivity index (χ3n) is 3.72. The van der Waals surface area contributed by atoms with Crippen LogP contribution in [-0.2, 0) is 9.53 Å². The summed E-state index contributed by atoms with van der Waals surface area (Å²) in [6, 6.07) is 0.572. The number of hydrogen-bond acceptors (Lipinski definition) is 3. The summed E-state index contributed by atoms with van der Waals surface area (Å²) in [5, 5.41) is 3.36. The van der Waals surface area contributed by atoms with Crippen LogP contribution in [0, 0.1) is 5.92 Å². The topological polar surface area (TPSA) is 41.6 Å². The molecule has 1 aliphatic heterocycles. The van der Waals surface area contributed by atoms with Crippen LogP contribution in [0.3, 0.4) is 0 Å². The first kappa shape index (κ1) is 14.5. The van der Waals surface area contributed by atoms with Gasteiger partial charge in [0, 0.05) is 39.3 Å². The van der Waals surface area contributed by atoms with Gasteiger partial charge >= 0.3 is 0 Å². The van der Waals surface area contributed by atoms with E-state index < -0.39 is 0 Å². The van der Waals surface area contributed by atoms with Gasteiger partial charge in [-0.2, -0.15) is 0 Å². The average molecular weight is 242 g/mol. The SMILES string of the molecule is CCC1CN(C(=O)CCCOC)CCC1NC. The number of nitrogens with one attached hydrogen (secondary N) is 1. The zero-order valence-electron chi connectivity index (χ0n) is 11.4. The van der Waals surface area contributed by atoms with Gasteiger partial charge in [-0.1, -0.05) is 13.3 Å². The third kappa shape index (κ3) is 4.28. The summed E-state index contributed by atoms with van der Waals surface area (Å²) < 4.78 is 4.98. The lowest BCUT2D eigenvalue weighted by Gasteiger charge is -2.38. The molecule has 2 unspecified atom stereocenters. The molecule has 1 N–H and O–H groups in total. The van der Waals surface area contributed by atoms with Crippen molar-refractivity contribution in [2.45, 2.75) is 38.6 Å². The molecule has 4 nitrogen and oxygen atoms in total. The number of hydrogen-bond donors (Lipinski definition) is 1. The molecule has 0 aromatic rings. The Kier molecular flexibility index (Phi) is 6.52. The Bertz CT molecular complexity index is 233. The highest BCUT2D eigenvalue weighted by Crippen LogP contribution is 2.20. The lowest BCUT2D eigenvalue weighted by atomic mass is 9.90. The van der Waals surface area contributed by atoms with Gasteiger partial charge in [0.15, 0.2) is 0 Å². The van der Waals surface area contributed by atoms with E-state index in [2.05, 4.69) is 12.2 Å². The summed E-state index contributed by atoms with van der Waals surface area (Å²) in [6.45, 7) is 4.69. The van der Waals surface area contributed by atoms with Crippen LogP contribution in [0.4, 0.5) is 0 Å². The molecular formula is C13H26N2O2. The van der Waals surface area contributed by atoms with Gasteiger partial charge in [0.25, 0.3) is 0 Å². The second-order valence-electron chi connectivity index (χ2n) is 4.79. The number of amides is 1. The highest BCUT2D eigenvalue weighted by molar-refractivity contribution is 5.76. The first-order chi connectivity index (χ1) is 8.22. The maximum atomic E-state index is 12.0. The predicted octanol–water partition coefficient (Wildman–Crippen LogP) is 1.26. The Morgan fingerprint density at radius 3 is 2.88 bits per heavy atom. The number of carbonyl (C=O) groups is 1. The molecule has 1 saturated heterocycles. The number of nitrogens with zero attached hydrogens (tertiary/aromatic N) is 1. The van der Waals surface area contributed by atoms with E-state index in [9.17, 15) is 4.79 Å². The van der Waals surface area contributed by atoms with Crippen molar-refractivity contribution in [1.29, 1.82) is 0 Å². The number of carbonyl (C=O) groups excluding carboxylic acids is 1. The molecule has 1 fully saturated rings. The molecule has 0 aliphatic carbocycles. The van der Waals surface area contributed by atoms with E-state index in [1.807, 2.05) is 11.9 Å². The second-order valence-corrected chi connectivity index (χ2v) is 4.79. The minimum atomic E-state index is 0.287. The fourth-order valence-electron chi connectivity index (χ4n) is 2.58. The van der Waals surface area contributed by atoms with Crippen molar-refractivity contribution >= 4 is 5.91 Å². The van der Waals surface area contributed by atoms with Crippen molar-refractivity contribution in [3.63, 3.8) is 0 Å². The summed E-state index contributed by atoms with van der Waals surface area (Å²) in [5.41, 5.74) is 0. The van der Waals surface area contributed by atoms with Gasteiger partial charge in [-0.3, -0.25) is 4.79 Å². The van der Waals surface area contributed by atoms with Crippen LogP contribution < -0.4 is 5.32 Å². The molecule has 1 heterocycles. The van der Waals surface area contributed by atoms with Crippen molar-refractivity contribution in [2.24, 2.45) is 5.92 Å². The maximum absolute atomic E-state index is 12.0. The zero-order chi connectivity index (χ0) is 12.7. The Morgan fingerprint density at radius 1 is 1.53 bits per heavy atom. The molecule has 0 bridgehead atoms. The quantitative estimate of drug-likeness (QED) is 0.713. The molecule has 0 aromatic carbocycles. The predicted molar refractivity (Wildman–Crippen MR) is 68.9 cm³/mol. The van der Waals surface area contributed by atoms with Gasteiger partial charge in [0.05, 0.1) is 0 Å². The summed E-state index contributed by atoms with van der Waals surface area (Å²) in [4.78, 5) is 14.0. The smallest absolute Gasteiger partial charge is 0.222 e. The van der Waals surface area contributed by atoms with E-state index in [-0.39, 0.29) is 5.91 Å². The third-order valence-corrected chi connectivity index (χ3v) is 3.72. The van der Waals surface area contributed by atoms with Gasteiger partial charge in [-0.25, -0.2) is 0 Å². The normalized spacial score (nSPS) is 25.0. The summed E-state index contributed by atoms with van der Waals surface area (Å²) >= 11 is 0. The summed E-state index contributed by atoms with van der Waals surface area (Å²) in [7, 11) is 3.69. The van der Waals surface area contributed by atoms with Gasteiger partial charge in [0.2, 0.25) is 5.91 Å². The highest BCUT2D eigenvalue weighted by atomic mass is 16.5. The van der Waals surface area contributed by atoms with Gasteiger partial charge in [-0.05, 0) is 25.8 Å². The van der Waals surface area contributed by atoms with Crippen LogP contribution in [0.15, 0.2) is 0 Å². The Balaban J connectivity index is 2.37. The van der Waals surface area contributed by atoms with Gasteiger partial charge in [-0.15, -0.1) is 0 Å². The molecule has 0 aromatic heterocycles. The Hall–Kier alpha value is -0.610. The molecule has 0 spiro atoms. The molecular weight excluding hydrogens is 216 g/mol. The molecule has 17 heavy (non-hydrogen) atoms. The van der Waals surface area contributed by atoms with Crippen molar-refractivity contribution in [2.75, 3.05) is 33.9 Å². The average Bonchev–Trinajstić information content (AvgIpc) is 2.38. The summed E-state index contributed by atoms with van der Waals surface area (Å²) in [5.74, 6) is 0.884. The van der Waals surface area contributed by atoms with Gasteiger partial charge in [0.1, 0.15) is 0 Å². The maximum Gasteiger partial charge on any atom is 0.222 e. The minimum absolute atomic E-state index is 0.287. The monoisotopic (exact) mass is 242 g/mol. The number of piperidine rings is 1. The minimum Gasteiger partial charge on any atom is -0.385 e. The van der Waals surface area contributed by atoms with E-state index in [0.717, 1.165) is 32.4 Å². The van der Waals surface area contributed by atoms with Crippen LogP contribution in [0.25, 0.3) is 0 Å². The molecule has 0 saturated carbocycles. The molecule has 2 atom stereocenters. The van der Waals surface area contributed by atoms with Gasteiger partial charge < -0.3 is 15.0 Å². The molecule has 1 amide bonds. The fourth-order valence-corrected chi connectivity index (χ4v) is 2.58. The van der Waals surface area contributed by atoms with Crippen molar-refractivity contribution in [3.8, 4) is 0 Å².